The number of nitrogens with zero attached hydrogens (tertiary/aromatic N) is 5. The average Bonchev–Trinajstić information content (AvgIpc) is 3.43. The second-order valence-corrected chi connectivity index (χ2v) is 9.09. The number of nitrogens with one attached hydrogen (secondary N) is 3. The zero-order valence-electron chi connectivity index (χ0n) is 19.0. The average molecular weight is 535 g/mol. The number of anilines is 3. The van der Waals surface area contributed by atoms with E-state index in [1.165, 1.54) is 6.20 Å². The van der Waals surface area contributed by atoms with Crippen LogP contribution in [-0.2, 0) is 5.44 Å². The van der Waals surface area contributed by atoms with E-state index in [-0.39, 0.29) is 11.3 Å². The summed E-state index contributed by atoms with van der Waals surface area (Å²) in [5.74, 6) is -2.36. The molecule has 3 N–H and O–H groups in total. The van der Waals surface area contributed by atoms with E-state index >= 15 is 0 Å². The van der Waals surface area contributed by atoms with Crippen LogP contribution < -0.4 is 10.6 Å². The van der Waals surface area contributed by atoms with Crippen molar-refractivity contribution < 1.29 is 8.78 Å². The van der Waals surface area contributed by atoms with E-state index in [1.807, 2.05) is 20.0 Å². The lowest BCUT2D eigenvalue weighted by atomic mass is 9.69. The molecule has 1 atom stereocenters. The number of nitriles is 1. The van der Waals surface area contributed by atoms with Crippen molar-refractivity contribution in [2.75, 3.05) is 10.6 Å². The Bertz CT molecular complexity index is 1660. The molecule has 0 aliphatic heterocycles. The van der Waals surface area contributed by atoms with E-state index in [9.17, 15) is 14.0 Å². The first-order valence-electron chi connectivity index (χ1n) is 10.8. The highest BCUT2D eigenvalue weighted by Crippen LogP contribution is 2.37. The van der Waals surface area contributed by atoms with Crippen LogP contribution in [0.5, 0.6) is 0 Å². The van der Waals surface area contributed by atoms with Crippen LogP contribution >= 0.6 is 23.2 Å². The lowest BCUT2D eigenvalue weighted by molar-refractivity contribution is 0.480. The molecule has 5 aromatic rings. The monoisotopic (exact) mass is 534 g/mol. The first-order valence-corrected chi connectivity index (χ1v) is 11.6. The smallest absolute Gasteiger partial charge is 0.249 e. The van der Waals surface area contributed by atoms with E-state index in [4.69, 9.17) is 23.2 Å². The molecule has 2 aromatic carbocycles. The minimum Gasteiger partial charge on any atom is -0.378 e. The molecule has 182 valence electrons. The van der Waals surface area contributed by atoms with Crippen molar-refractivity contribution in [3.63, 3.8) is 0 Å². The van der Waals surface area contributed by atoms with Gasteiger partial charge in [0.25, 0.3) is 0 Å². The zero-order valence-corrected chi connectivity index (χ0v) is 20.5. The summed E-state index contributed by atoms with van der Waals surface area (Å²) in [7, 11) is 1.92. The molecule has 0 saturated heterocycles. The third-order valence-corrected chi connectivity index (χ3v) is 6.40. The van der Waals surface area contributed by atoms with Crippen molar-refractivity contribution >= 4 is 59.0 Å². The Labute approximate surface area is 220 Å². The molecule has 8 nitrogen and oxygen atoms in total. The molecule has 37 heavy (non-hydrogen) atoms. The summed E-state index contributed by atoms with van der Waals surface area (Å²) >= 11 is 12.7. The number of hydrogen-bond donors (Lipinski definition) is 3. The van der Waals surface area contributed by atoms with Crippen LogP contribution in [0.3, 0.4) is 0 Å². The zero-order chi connectivity index (χ0) is 26.2. The maximum absolute atomic E-state index is 13.8. The second-order valence-electron chi connectivity index (χ2n) is 8.25. The minimum atomic E-state index is -1.23. The summed E-state index contributed by atoms with van der Waals surface area (Å²) in [5.41, 5.74) is 2.17. The maximum Gasteiger partial charge on any atom is 0.249 e. The number of hydrogen-bond acceptors (Lipinski definition) is 7. The SMILES string of the molecule is BC(Nc1cc(Cl)c2ncc(C#N)c(Nc3cnc(F)c(F)c3)c2c1)(c1ccc(Cl)cc1)c1c[nH]nn1. The van der Waals surface area contributed by atoms with Gasteiger partial charge in [-0.2, -0.15) is 9.65 Å². The number of rotatable bonds is 6. The van der Waals surface area contributed by atoms with Crippen molar-refractivity contribution in [3.8, 4) is 6.07 Å². The Morgan fingerprint density at radius 2 is 1.81 bits per heavy atom. The van der Waals surface area contributed by atoms with Gasteiger partial charge in [-0.3, -0.25) is 10.1 Å². The van der Waals surface area contributed by atoms with Crippen molar-refractivity contribution in [2.24, 2.45) is 0 Å². The van der Waals surface area contributed by atoms with Gasteiger partial charge < -0.3 is 10.6 Å². The quantitative estimate of drug-likeness (QED) is 0.210. The highest BCUT2D eigenvalue weighted by atomic mass is 35.5. The maximum atomic E-state index is 13.8. The lowest BCUT2D eigenvalue weighted by Crippen LogP contribution is -2.37. The molecular formula is C24H15BCl2F2N8. The molecule has 3 aromatic heterocycles. The Kier molecular flexibility index (Phi) is 6.37. The topological polar surface area (TPSA) is 115 Å². The first-order chi connectivity index (χ1) is 17.8. The van der Waals surface area contributed by atoms with E-state index in [2.05, 4.69) is 42.1 Å². The summed E-state index contributed by atoms with van der Waals surface area (Å²) in [5, 5.41) is 28.3. The molecule has 0 bridgehead atoms. The Hall–Kier alpha value is -4.27. The molecule has 0 aliphatic carbocycles. The van der Waals surface area contributed by atoms with Gasteiger partial charge in [-0.15, -0.1) is 5.10 Å². The van der Waals surface area contributed by atoms with Crippen LogP contribution in [0.25, 0.3) is 10.9 Å². The van der Waals surface area contributed by atoms with Gasteiger partial charge in [0.1, 0.15) is 19.6 Å². The van der Waals surface area contributed by atoms with Crippen LogP contribution in [0, 0.1) is 23.1 Å². The van der Waals surface area contributed by atoms with Crippen LogP contribution in [0.4, 0.5) is 25.8 Å². The van der Waals surface area contributed by atoms with Gasteiger partial charge in [0.05, 0.1) is 39.1 Å². The second kappa shape index (κ2) is 9.65. The molecule has 0 fully saturated rings. The minimum absolute atomic E-state index is 0.144. The third kappa shape index (κ3) is 4.64. The molecule has 0 aliphatic rings. The van der Waals surface area contributed by atoms with E-state index < -0.39 is 17.2 Å². The highest BCUT2D eigenvalue weighted by Gasteiger charge is 2.32. The van der Waals surface area contributed by atoms with Crippen molar-refractivity contribution in [1.29, 1.82) is 5.26 Å². The molecule has 13 heteroatoms. The normalized spacial score (nSPS) is 12.6. The number of H-pyrrole nitrogens is 1. The molecule has 1 unspecified atom stereocenters. The fourth-order valence-corrected chi connectivity index (χ4v) is 4.38. The van der Waals surface area contributed by atoms with Crippen LogP contribution in [0.15, 0.2) is 61.1 Å². The fraction of sp³-hybridized carbons (Fsp3) is 0.0417. The van der Waals surface area contributed by atoms with Crippen molar-refractivity contribution in [3.05, 3.63) is 99.7 Å². The summed E-state index contributed by atoms with van der Waals surface area (Å²) in [4.78, 5) is 7.72. The van der Waals surface area contributed by atoms with Gasteiger partial charge in [0.2, 0.25) is 5.95 Å². The van der Waals surface area contributed by atoms with E-state index in [1.54, 1.807) is 30.5 Å². The number of aromatic amines is 1. The molecule has 3 heterocycles. The number of fused-ring (bicyclic) bond motifs is 1. The highest BCUT2D eigenvalue weighted by molar-refractivity contribution is 6.36. The summed E-state index contributed by atoms with van der Waals surface area (Å²) in [6, 6.07) is 13.7. The van der Waals surface area contributed by atoms with Crippen molar-refractivity contribution in [1.82, 2.24) is 25.4 Å². The van der Waals surface area contributed by atoms with Crippen LogP contribution in [0.2, 0.25) is 10.0 Å². The first kappa shape index (κ1) is 24.4. The predicted molar refractivity (Wildman–Crippen MR) is 140 cm³/mol. The third-order valence-electron chi connectivity index (χ3n) is 5.86. The molecular weight excluding hydrogens is 520 g/mol. The molecule has 0 radical (unpaired) electrons. The van der Waals surface area contributed by atoms with E-state index in [0.717, 1.165) is 17.8 Å². The van der Waals surface area contributed by atoms with Gasteiger partial charge in [-0.05, 0) is 29.8 Å². The standard InChI is InChI=1S/C24H15BCl2F2N8/c25-24(20-11-33-37-36-20,13-1-3-14(26)4-2-13)35-15-5-17-21(34-16-7-19(28)23(29)32-10-16)12(8-30)9-31-22(17)18(27)6-15/h1-7,9-11,35H,25H2,(H,31,34)(H,33,36,37). The van der Waals surface area contributed by atoms with Gasteiger partial charge in [0.15, 0.2) is 5.82 Å². The molecule has 5 rings (SSSR count). The van der Waals surface area contributed by atoms with Gasteiger partial charge in [-0.25, -0.2) is 9.37 Å². The molecule has 0 spiro atoms. The van der Waals surface area contributed by atoms with Gasteiger partial charge >= 0.3 is 0 Å². The van der Waals surface area contributed by atoms with Crippen LogP contribution in [0.1, 0.15) is 16.8 Å². The fourth-order valence-electron chi connectivity index (χ4n) is 3.99. The largest absolute Gasteiger partial charge is 0.378 e. The number of aromatic nitrogens is 5. The molecule has 0 saturated carbocycles. The summed E-state index contributed by atoms with van der Waals surface area (Å²) in [6.45, 7) is 0. The summed E-state index contributed by atoms with van der Waals surface area (Å²) in [6.07, 6.45) is 4.14. The predicted octanol–water partition coefficient (Wildman–Crippen LogP) is 4.89. The lowest BCUT2D eigenvalue weighted by Gasteiger charge is -2.31. The summed E-state index contributed by atoms with van der Waals surface area (Å²) < 4.78 is 27.2. The number of benzene rings is 2. The van der Waals surface area contributed by atoms with Crippen LogP contribution in [-0.4, -0.2) is 33.2 Å². The Morgan fingerprint density at radius 1 is 1.03 bits per heavy atom. The van der Waals surface area contributed by atoms with Gasteiger partial charge in [0, 0.05) is 34.6 Å². The van der Waals surface area contributed by atoms with E-state index in [0.29, 0.717) is 38.0 Å². The number of pyridine rings is 2. The Morgan fingerprint density at radius 3 is 2.49 bits per heavy atom. The number of halogens is 4. The van der Waals surface area contributed by atoms with Gasteiger partial charge in [-0.1, -0.05) is 40.5 Å². The van der Waals surface area contributed by atoms with Crippen molar-refractivity contribution in [2.45, 2.75) is 5.44 Å². The molecule has 0 amide bonds. The Balaban J connectivity index is 1.65.